The molecule has 0 amide bonds. The molecule has 18 heavy (non-hydrogen) atoms. The summed E-state index contributed by atoms with van der Waals surface area (Å²) < 4.78 is 6.86. The van der Waals surface area contributed by atoms with E-state index in [-0.39, 0.29) is 5.97 Å². The Morgan fingerprint density at radius 1 is 1.39 bits per heavy atom. The molecule has 0 bridgehead atoms. The number of ether oxygens (including phenoxy) is 1. The van der Waals surface area contributed by atoms with Crippen LogP contribution in [0.2, 0.25) is 0 Å². The zero-order chi connectivity index (χ0) is 13.1. The highest BCUT2D eigenvalue weighted by Crippen LogP contribution is 2.20. The topological polar surface area (TPSA) is 57.0 Å². The van der Waals surface area contributed by atoms with Gasteiger partial charge in [-0.1, -0.05) is 6.92 Å². The van der Waals surface area contributed by atoms with Gasteiger partial charge in [0.2, 0.25) is 0 Å². The lowest BCUT2D eigenvalue weighted by Gasteiger charge is -2.06. The van der Waals surface area contributed by atoms with Gasteiger partial charge in [-0.3, -0.25) is 0 Å². The number of pyridine rings is 1. The smallest absolute Gasteiger partial charge is 0.339 e. The molecule has 0 radical (unpaired) electrons. The molecule has 0 aliphatic carbocycles. The van der Waals surface area contributed by atoms with Crippen molar-refractivity contribution < 1.29 is 9.53 Å². The number of rotatable bonds is 4. The Hall–Kier alpha value is -1.91. The van der Waals surface area contributed by atoms with E-state index in [2.05, 4.69) is 17.0 Å². The summed E-state index contributed by atoms with van der Waals surface area (Å²) >= 11 is 0. The molecule has 2 aromatic heterocycles. The van der Waals surface area contributed by atoms with Crippen molar-refractivity contribution in [1.29, 1.82) is 0 Å². The minimum Gasteiger partial charge on any atom is -0.462 e. The Bertz CT molecular complexity index is 575. The monoisotopic (exact) mass is 247 g/mol. The number of hydrogen-bond donors (Lipinski definition) is 0. The van der Waals surface area contributed by atoms with Crippen LogP contribution in [0.15, 0.2) is 12.4 Å². The molecule has 2 heterocycles. The highest BCUT2D eigenvalue weighted by atomic mass is 16.5. The van der Waals surface area contributed by atoms with E-state index in [1.165, 1.54) is 0 Å². The fourth-order valence-corrected chi connectivity index (χ4v) is 1.94. The van der Waals surface area contributed by atoms with Crippen LogP contribution in [0.3, 0.4) is 0 Å². The van der Waals surface area contributed by atoms with E-state index in [1.54, 1.807) is 19.3 Å². The van der Waals surface area contributed by atoms with Crippen LogP contribution in [0.5, 0.6) is 0 Å². The molecular formula is C13H17N3O2. The molecule has 0 unspecified atom stereocenters. The number of hydrogen-bond acceptors (Lipinski definition) is 4. The predicted octanol–water partition coefficient (Wildman–Crippen LogP) is 2.33. The summed E-state index contributed by atoms with van der Waals surface area (Å²) in [7, 11) is 0. The quantitative estimate of drug-likeness (QED) is 0.778. The van der Waals surface area contributed by atoms with Gasteiger partial charge >= 0.3 is 5.97 Å². The molecule has 5 heteroatoms. The summed E-state index contributed by atoms with van der Waals surface area (Å²) in [5, 5.41) is 5.21. The van der Waals surface area contributed by atoms with Gasteiger partial charge in [0.05, 0.1) is 18.4 Å². The van der Waals surface area contributed by atoms with Crippen molar-refractivity contribution >= 4 is 17.0 Å². The average Bonchev–Trinajstić information content (AvgIpc) is 2.75. The third kappa shape index (κ3) is 2.08. The highest BCUT2D eigenvalue weighted by molar-refractivity contribution is 5.96. The van der Waals surface area contributed by atoms with Crippen LogP contribution in [0.1, 0.15) is 36.2 Å². The lowest BCUT2D eigenvalue weighted by atomic mass is 10.1. The zero-order valence-electron chi connectivity index (χ0n) is 10.9. The van der Waals surface area contributed by atoms with Crippen molar-refractivity contribution in [2.45, 2.75) is 33.7 Å². The molecule has 2 aromatic rings. The summed E-state index contributed by atoms with van der Waals surface area (Å²) in [4.78, 5) is 16.1. The first-order valence-corrected chi connectivity index (χ1v) is 6.17. The van der Waals surface area contributed by atoms with E-state index in [1.807, 2.05) is 11.6 Å². The second kappa shape index (κ2) is 5.16. The third-order valence-electron chi connectivity index (χ3n) is 2.87. The Labute approximate surface area is 106 Å². The number of carbonyl (C=O) groups excluding carboxylic acids is 1. The maximum atomic E-state index is 11.8. The maximum absolute atomic E-state index is 11.8. The van der Waals surface area contributed by atoms with Gasteiger partial charge in [-0.25, -0.2) is 14.5 Å². The number of aromatic nitrogens is 3. The van der Waals surface area contributed by atoms with Gasteiger partial charge in [-0.2, -0.15) is 5.10 Å². The molecule has 0 aliphatic heterocycles. The molecule has 2 rings (SSSR count). The lowest BCUT2D eigenvalue weighted by Crippen LogP contribution is -2.08. The predicted molar refractivity (Wildman–Crippen MR) is 68.5 cm³/mol. The first kappa shape index (κ1) is 12.5. The van der Waals surface area contributed by atoms with Crippen LogP contribution in [-0.4, -0.2) is 27.3 Å². The molecule has 0 aliphatic rings. The summed E-state index contributed by atoms with van der Waals surface area (Å²) in [6, 6.07) is 0. The SMILES string of the molecule is CCCn1ncc2c(C)c(C(=O)OCC)cnc21. The van der Waals surface area contributed by atoms with Crippen LogP contribution in [-0.2, 0) is 11.3 Å². The fourth-order valence-electron chi connectivity index (χ4n) is 1.94. The summed E-state index contributed by atoms with van der Waals surface area (Å²) in [5.74, 6) is -0.326. The zero-order valence-corrected chi connectivity index (χ0v) is 10.9. The number of fused-ring (bicyclic) bond motifs is 1. The van der Waals surface area contributed by atoms with Gasteiger partial charge in [0.1, 0.15) is 0 Å². The van der Waals surface area contributed by atoms with Crippen molar-refractivity contribution in [1.82, 2.24) is 14.8 Å². The Balaban J connectivity index is 2.48. The first-order chi connectivity index (χ1) is 8.69. The van der Waals surface area contributed by atoms with Gasteiger partial charge in [0, 0.05) is 18.1 Å². The molecule has 0 spiro atoms. The second-order valence-corrected chi connectivity index (χ2v) is 4.12. The van der Waals surface area contributed by atoms with Crippen LogP contribution < -0.4 is 0 Å². The number of aryl methyl sites for hydroxylation is 2. The summed E-state index contributed by atoms with van der Waals surface area (Å²) in [6.07, 6.45) is 4.33. The van der Waals surface area contributed by atoms with Gasteiger partial charge in [0.25, 0.3) is 0 Å². The minimum absolute atomic E-state index is 0.326. The Kier molecular flexibility index (Phi) is 3.60. The van der Waals surface area contributed by atoms with E-state index in [0.29, 0.717) is 12.2 Å². The van der Waals surface area contributed by atoms with Gasteiger partial charge in [-0.05, 0) is 25.8 Å². The molecule has 0 saturated heterocycles. The lowest BCUT2D eigenvalue weighted by molar-refractivity contribution is 0.0525. The average molecular weight is 247 g/mol. The van der Waals surface area contributed by atoms with E-state index < -0.39 is 0 Å². The normalized spacial score (nSPS) is 10.8. The van der Waals surface area contributed by atoms with Crippen LogP contribution >= 0.6 is 0 Å². The van der Waals surface area contributed by atoms with Gasteiger partial charge < -0.3 is 4.74 Å². The van der Waals surface area contributed by atoms with Crippen molar-refractivity contribution in [3.8, 4) is 0 Å². The Morgan fingerprint density at radius 2 is 2.17 bits per heavy atom. The van der Waals surface area contributed by atoms with Crippen LogP contribution in [0.25, 0.3) is 11.0 Å². The highest BCUT2D eigenvalue weighted by Gasteiger charge is 2.15. The van der Waals surface area contributed by atoms with Crippen molar-refractivity contribution in [2.75, 3.05) is 6.61 Å². The van der Waals surface area contributed by atoms with E-state index >= 15 is 0 Å². The van der Waals surface area contributed by atoms with E-state index in [4.69, 9.17) is 4.74 Å². The summed E-state index contributed by atoms with van der Waals surface area (Å²) in [6.45, 7) is 6.97. The molecule has 5 nitrogen and oxygen atoms in total. The van der Waals surface area contributed by atoms with E-state index in [9.17, 15) is 4.79 Å². The molecule has 0 aromatic carbocycles. The molecule has 0 saturated carbocycles. The van der Waals surface area contributed by atoms with Crippen LogP contribution in [0.4, 0.5) is 0 Å². The standard InChI is InChI=1S/C13H17N3O2/c1-4-6-16-12-10(8-15-16)9(3)11(7-14-12)13(17)18-5-2/h7-8H,4-6H2,1-3H3. The van der Waals surface area contributed by atoms with Crippen molar-refractivity contribution in [3.63, 3.8) is 0 Å². The fraction of sp³-hybridized carbons (Fsp3) is 0.462. The Morgan fingerprint density at radius 3 is 2.83 bits per heavy atom. The minimum atomic E-state index is -0.326. The number of carbonyl (C=O) groups is 1. The van der Waals surface area contributed by atoms with Gasteiger partial charge in [0.15, 0.2) is 5.65 Å². The first-order valence-electron chi connectivity index (χ1n) is 6.17. The molecular weight excluding hydrogens is 230 g/mol. The van der Waals surface area contributed by atoms with Crippen molar-refractivity contribution in [3.05, 3.63) is 23.5 Å². The maximum Gasteiger partial charge on any atom is 0.339 e. The second-order valence-electron chi connectivity index (χ2n) is 4.12. The van der Waals surface area contributed by atoms with Gasteiger partial charge in [-0.15, -0.1) is 0 Å². The van der Waals surface area contributed by atoms with Crippen LogP contribution in [0, 0.1) is 6.92 Å². The van der Waals surface area contributed by atoms with E-state index in [0.717, 1.165) is 29.6 Å². The molecule has 0 fully saturated rings. The third-order valence-corrected chi connectivity index (χ3v) is 2.87. The van der Waals surface area contributed by atoms with Crippen molar-refractivity contribution in [2.24, 2.45) is 0 Å². The molecule has 96 valence electrons. The number of esters is 1. The summed E-state index contributed by atoms with van der Waals surface area (Å²) in [5.41, 5.74) is 2.21. The molecule has 0 atom stereocenters. The molecule has 0 N–H and O–H groups in total. The largest absolute Gasteiger partial charge is 0.462 e. The number of nitrogens with zero attached hydrogens (tertiary/aromatic N) is 3.